The molecule has 4 nitrogen and oxygen atoms in total. The van der Waals surface area contributed by atoms with Crippen LogP contribution in [0.25, 0.3) is 10.9 Å². The molecule has 2 aliphatic heterocycles. The Labute approximate surface area is 123 Å². The first-order valence-corrected chi connectivity index (χ1v) is 7.62. The van der Waals surface area contributed by atoms with E-state index in [4.69, 9.17) is 4.74 Å². The molecule has 0 radical (unpaired) electrons. The number of ether oxygens (including phenoxy) is 1. The van der Waals surface area contributed by atoms with Crippen molar-refractivity contribution < 1.29 is 9.13 Å². The van der Waals surface area contributed by atoms with Crippen LogP contribution in [0.1, 0.15) is 23.5 Å². The molecule has 2 atom stereocenters. The molecule has 2 aromatic rings. The number of hydrogen-bond acceptors (Lipinski definition) is 3. The minimum Gasteiger partial charge on any atom is -0.378 e. The van der Waals surface area contributed by atoms with Crippen LogP contribution in [0, 0.1) is 6.92 Å². The number of fused-ring (bicyclic) bond motifs is 1. The minimum atomic E-state index is -0.807. The molecule has 1 N–H and O–H groups in total. The Morgan fingerprint density at radius 3 is 2.95 bits per heavy atom. The first kappa shape index (κ1) is 13.2. The van der Waals surface area contributed by atoms with Crippen LogP contribution >= 0.6 is 0 Å². The number of piperidine rings is 1. The van der Waals surface area contributed by atoms with Gasteiger partial charge in [0.25, 0.3) is 0 Å². The molecule has 5 heteroatoms. The third-order valence-electron chi connectivity index (χ3n) is 4.94. The monoisotopic (exact) mass is 289 g/mol. The summed E-state index contributed by atoms with van der Waals surface area (Å²) in [5.41, 5.74) is 3.29. The lowest BCUT2D eigenvalue weighted by molar-refractivity contribution is -0.0807. The van der Waals surface area contributed by atoms with Crippen molar-refractivity contribution in [3.63, 3.8) is 0 Å². The molecule has 112 valence electrons. The standard InChI is InChI=1S/C16H20FN3O/c1-10-4-11-6-18-19-16(11)5-14(10)13-2-3-20(7-15(13)17)12-8-21-9-12/h4-6,12-13,15H,2-3,7-9H2,1H3,(H,18,19)/t13-,15-/m1/s1. The highest BCUT2D eigenvalue weighted by atomic mass is 19.1. The third kappa shape index (κ3) is 2.24. The summed E-state index contributed by atoms with van der Waals surface area (Å²) in [5, 5.41) is 8.14. The van der Waals surface area contributed by atoms with Crippen molar-refractivity contribution in [3.05, 3.63) is 29.5 Å². The van der Waals surface area contributed by atoms with E-state index in [2.05, 4.69) is 34.2 Å². The average molecular weight is 289 g/mol. The zero-order valence-electron chi connectivity index (χ0n) is 12.2. The van der Waals surface area contributed by atoms with Gasteiger partial charge in [-0.05, 0) is 43.1 Å². The molecule has 0 unspecified atom stereocenters. The Hall–Kier alpha value is -1.46. The molecule has 3 heterocycles. The van der Waals surface area contributed by atoms with E-state index < -0.39 is 6.17 Å². The summed E-state index contributed by atoms with van der Waals surface area (Å²) in [5.74, 6) is -0.00468. The van der Waals surface area contributed by atoms with Gasteiger partial charge in [0, 0.05) is 17.8 Å². The van der Waals surface area contributed by atoms with E-state index in [-0.39, 0.29) is 5.92 Å². The number of nitrogens with zero attached hydrogens (tertiary/aromatic N) is 2. The van der Waals surface area contributed by atoms with Crippen LogP contribution in [0.5, 0.6) is 0 Å². The maximum Gasteiger partial charge on any atom is 0.120 e. The van der Waals surface area contributed by atoms with Crippen molar-refractivity contribution in [1.82, 2.24) is 15.1 Å². The molecule has 2 aliphatic rings. The molecule has 4 rings (SSSR count). The maximum absolute atomic E-state index is 14.7. The molecule has 0 bridgehead atoms. The largest absolute Gasteiger partial charge is 0.378 e. The molecule has 0 spiro atoms. The van der Waals surface area contributed by atoms with E-state index in [0.717, 1.165) is 48.2 Å². The van der Waals surface area contributed by atoms with Crippen molar-refractivity contribution in [3.8, 4) is 0 Å². The van der Waals surface area contributed by atoms with Crippen molar-refractivity contribution >= 4 is 10.9 Å². The van der Waals surface area contributed by atoms with Gasteiger partial charge in [0.05, 0.1) is 31.0 Å². The SMILES string of the molecule is Cc1cc2cn[nH]c2cc1[C@H]1CCN(C2COC2)C[C@H]1F. The van der Waals surface area contributed by atoms with Gasteiger partial charge in [-0.1, -0.05) is 0 Å². The van der Waals surface area contributed by atoms with E-state index in [0.29, 0.717) is 12.6 Å². The number of aryl methyl sites for hydroxylation is 1. The summed E-state index contributed by atoms with van der Waals surface area (Å²) in [4.78, 5) is 2.24. The summed E-state index contributed by atoms with van der Waals surface area (Å²) >= 11 is 0. The van der Waals surface area contributed by atoms with Crippen LogP contribution in [0.4, 0.5) is 4.39 Å². The fourth-order valence-electron chi connectivity index (χ4n) is 3.57. The summed E-state index contributed by atoms with van der Waals surface area (Å²) in [6.45, 7) is 5.08. The number of aromatic nitrogens is 2. The van der Waals surface area contributed by atoms with Gasteiger partial charge < -0.3 is 4.74 Å². The van der Waals surface area contributed by atoms with Gasteiger partial charge in [0.1, 0.15) is 6.17 Å². The van der Waals surface area contributed by atoms with Gasteiger partial charge in [-0.15, -0.1) is 0 Å². The molecule has 1 aromatic heterocycles. The van der Waals surface area contributed by atoms with Crippen molar-refractivity contribution in [2.75, 3.05) is 26.3 Å². The molecular weight excluding hydrogens is 269 g/mol. The van der Waals surface area contributed by atoms with Gasteiger partial charge in [0.15, 0.2) is 0 Å². The summed E-state index contributed by atoms with van der Waals surface area (Å²) in [7, 11) is 0. The van der Waals surface area contributed by atoms with Crippen LogP contribution in [0.2, 0.25) is 0 Å². The first-order valence-electron chi connectivity index (χ1n) is 7.62. The fourth-order valence-corrected chi connectivity index (χ4v) is 3.57. The van der Waals surface area contributed by atoms with Crippen molar-refractivity contribution in [2.24, 2.45) is 0 Å². The molecule has 2 fully saturated rings. The quantitative estimate of drug-likeness (QED) is 0.923. The molecule has 2 saturated heterocycles. The smallest absolute Gasteiger partial charge is 0.120 e. The number of likely N-dealkylation sites (tertiary alicyclic amines) is 1. The molecule has 0 aliphatic carbocycles. The Balaban J connectivity index is 1.58. The Kier molecular flexibility index (Phi) is 3.19. The number of H-pyrrole nitrogens is 1. The fraction of sp³-hybridized carbons (Fsp3) is 0.562. The Bertz CT molecular complexity index is 652. The minimum absolute atomic E-state index is 0.00468. The van der Waals surface area contributed by atoms with Gasteiger partial charge >= 0.3 is 0 Å². The zero-order valence-corrected chi connectivity index (χ0v) is 12.2. The number of aromatic amines is 1. The summed E-state index contributed by atoms with van der Waals surface area (Å²) in [6, 6.07) is 4.62. The van der Waals surface area contributed by atoms with Gasteiger partial charge in [-0.3, -0.25) is 10.00 Å². The number of rotatable bonds is 2. The molecule has 21 heavy (non-hydrogen) atoms. The summed E-state index contributed by atoms with van der Waals surface area (Å²) in [6.07, 6.45) is 1.88. The second kappa shape index (κ2) is 5.07. The normalized spacial score (nSPS) is 27.9. The Morgan fingerprint density at radius 2 is 2.24 bits per heavy atom. The second-order valence-corrected chi connectivity index (χ2v) is 6.26. The lowest BCUT2D eigenvalue weighted by Gasteiger charge is -2.43. The number of alkyl halides is 1. The summed E-state index contributed by atoms with van der Waals surface area (Å²) < 4.78 is 19.9. The zero-order chi connectivity index (χ0) is 14.4. The third-order valence-corrected chi connectivity index (χ3v) is 4.94. The Morgan fingerprint density at radius 1 is 1.38 bits per heavy atom. The van der Waals surface area contributed by atoms with Gasteiger partial charge in [0.2, 0.25) is 0 Å². The van der Waals surface area contributed by atoms with E-state index in [9.17, 15) is 4.39 Å². The predicted molar refractivity (Wildman–Crippen MR) is 79.3 cm³/mol. The predicted octanol–water partition coefficient (Wildman–Crippen LogP) is 2.40. The van der Waals surface area contributed by atoms with Crippen LogP contribution in [0.3, 0.4) is 0 Å². The van der Waals surface area contributed by atoms with Crippen LogP contribution in [-0.4, -0.2) is 53.6 Å². The molecule has 1 aromatic carbocycles. The van der Waals surface area contributed by atoms with Crippen LogP contribution in [0.15, 0.2) is 18.3 Å². The molecule has 0 amide bonds. The van der Waals surface area contributed by atoms with Crippen molar-refractivity contribution in [1.29, 1.82) is 0 Å². The topological polar surface area (TPSA) is 41.2 Å². The van der Waals surface area contributed by atoms with Gasteiger partial charge in [-0.2, -0.15) is 5.10 Å². The highest BCUT2D eigenvalue weighted by molar-refractivity contribution is 5.79. The lowest BCUT2D eigenvalue weighted by atomic mass is 9.84. The number of benzene rings is 1. The number of halogens is 1. The first-order chi connectivity index (χ1) is 10.2. The van der Waals surface area contributed by atoms with E-state index >= 15 is 0 Å². The lowest BCUT2D eigenvalue weighted by Crippen LogP contribution is -2.54. The van der Waals surface area contributed by atoms with E-state index in [1.165, 1.54) is 0 Å². The second-order valence-electron chi connectivity index (χ2n) is 6.26. The van der Waals surface area contributed by atoms with Crippen LogP contribution in [-0.2, 0) is 4.74 Å². The highest BCUT2D eigenvalue weighted by Gasteiger charge is 2.36. The van der Waals surface area contributed by atoms with Crippen LogP contribution < -0.4 is 0 Å². The average Bonchev–Trinajstić information content (AvgIpc) is 2.83. The highest BCUT2D eigenvalue weighted by Crippen LogP contribution is 2.35. The maximum atomic E-state index is 14.7. The van der Waals surface area contributed by atoms with Crippen molar-refractivity contribution in [2.45, 2.75) is 31.5 Å². The van der Waals surface area contributed by atoms with E-state index in [1.54, 1.807) is 0 Å². The number of nitrogens with one attached hydrogen (secondary N) is 1. The number of hydrogen-bond donors (Lipinski definition) is 1. The molecular formula is C16H20FN3O. The van der Waals surface area contributed by atoms with Gasteiger partial charge in [-0.25, -0.2) is 4.39 Å². The molecule has 0 saturated carbocycles. The van der Waals surface area contributed by atoms with E-state index in [1.807, 2.05) is 6.20 Å².